The first kappa shape index (κ1) is 23.2. The molecule has 0 radical (unpaired) electrons. The number of thiol groups is 2. The van der Waals surface area contributed by atoms with Crippen LogP contribution in [0.4, 0.5) is 0 Å². The smallest absolute Gasteiger partial charge is 0.241 e. The minimum absolute atomic E-state index is 0.194. The second kappa shape index (κ2) is 13.4. The summed E-state index contributed by atoms with van der Waals surface area (Å²) in [5.41, 5.74) is 13.4. The molecule has 0 saturated carbocycles. The quantitative estimate of drug-likeness (QED) is 0.294. The van der Waals surface area contributed by atoms with Crippen molar-refractivity contribution in [3.05, 3.63) is 91.0 Å². The molecular formula is C20H21BN2S4. The van der Waals surface area contributed by atoms with Gasteiger partial charge in [0.25, 0.3) is 0 Å². The Hall–Kier alpha value is -1.80. The van der Waals surface area contributed by atoms with Crippen LogP contribution in [-0.2, 0) is 0 Å². The fourth-order valence-corrected chi connectivity index (χ4v) is 2.51. The lowest BCUT2D eigenvalue weighted by Gasteiger charge is -2.15. The first-order chi connectivity index (χ1) is 12.9. The van der Waals surface area contributed by atoms with E-state index in [9.17, 15) is 0 Å². The van der Waals surface area contributed by atoms with Gasteiger partial charge in [-0.15, -0.1) is 25.3 Å². The molecular weight excluding hydrogens is 407 g/mol. The molecule has 0 aliphatic heterocycles. The molecule has 138 valence electrons. The SMILES string of the molecule is NC(=S)S.NC(=S)S.c1ccc(B(c2ccccc2)c2ccccc2)cc1. The molecule has 2 nitrogen and oxygen atoms in total. The maximum Gasteiger partial charge on any atom is 0.241 e. The van der Waals surface area contributed by atoms with Gasteiger partial charge in [0.05, 0.1) is 0 Å². The monoisotopic (exact) mass is 428 g/mol. The molecule has 0 fully saturated rings. The summed E-state index contributed by atoms with van der Waals surface area (Å²) in [6.45, 7) is 0.309. The summed E-state index contributed by atoms with van der Waals surface area (Å²) in [7, 11) is 0. The Labute approximate surface area is 183 Å². The molecule has 3 aromatic rings. The standard InChI is InChI=1S/C18H15B.2CH3NS2/c1-4-10-16(11-5-1)19(17-12-6-2-7-13-17)18-14-8-3-9-15-18;2*2-1(3)4/h1-15H;2*(H3,2,3,4). The molecule has 0 aliphatic carbocycles. The van der Waals surface area contributed by atoms with Gasteiger partial charge in [0.2, 0.25) is 6.71 Å². The fourth-order valence-electron chi connectivity index (χ4n) is 2.51. The molecule has 0 aromatic heterocycles. The van der Waals surface area contributed by atoms with Crippen molar-refractivity contribution in [1.82, 2.24) is 0 Å². The molecule has 0 unspecified atom stereocenters. The summed E-state index contributed by atoms with van der Waals surface area (Å²) in [6.07, 6.45) is 0. The van der Waals surface area contributed by atoms with E-state index in [-0.39, 0.29) is 8.64 Å². The maximum atomic E-state index is 4.71. The van der Waals surface area contributed by atoms with E-state index in [1.165, 1.54) is 16.4 Å². The Kier molecular flexibility index (Phi) is 11.5. The average Bonchev–Trinajstić information content (AvgIpc) is 2.64. The fraction of sp³-hybridized carbons (Fsp3) is 0. The first-order valence-electron chi connectivity index (χ1n) is 8.03. The second-order valence-electron chi connectivity index (χ2n) is 5.34. The minimum Gasteiger partial charge on any atom is -0.385 e. The van der Waals surface area contributed by atoms with Gasteiger partial charge in [0.1, 0.15) is 8.64 Å². The van der Waals surface area contributed by atoms with Crippen LogP contribution in [0, 0.1) is 0 Å². The van der Waals surface area contributed by atoms with E-state index in [0.29, 0.717) is 6.71 Å². The summed E-state index contributed by atoms with van der Waals surface area (Å²) < 4.78 is 0.389. The lowest BCUT2D eigenvalue weighted by atomic mass is 9.37. The van der Waals surface area contributed by atoms with Crippen LogP contribution < -0.4 is 27.9 Å². The van der Waals surface area contributed by atoms with Crippen LogP contribution in [0.2, 0.25) is 0 Å². The van der Waals surface area contributed by atoms with Crippen LogP contribution in [-0.4, -0.2) is 15.4 Å². The van der Waals surface area contributed by atoms with E-state index in [1.54, 1.807) is 0 Å². The van der Waals surface area contributed by atoms with E-state index in [1.807, 2.05) is 0 Å². The highest BCUT2D eigenvalue weighted by molar-refractivity contribution is 8.11. The Morgan fingerprint density at radius 1 is 0.556 bits per heavy atom. The maximum absolute atomic E-state index is 4.71. The summed E-state index contributed by atoms with van der Waals surface area (Å²) in [4.78, 5) is 0. The normalized spacial score (nSPS) is 8.96. The first-order valence-corrected chi connectivity index (χ1v) is 9.74. The van der Waals surface area contributed by atoms with E-state index < -0.39 is 0 Å². The lowest BCUT2D eigenvalue weighted by molar-refractivity contribution is 1.71. The van der Waals surface area contributed by atoms with E-state index in [2.05, 4.69) is 141 Å². The van der Waals surface area contributed by atoms with Crippen LogP contribution in [0.25, 0.3) is 0 Å². The van der Waals surface area contributed by atoms with Crippen molar-refractivity contribution in [2.24, 2.45) is 11.5 Å². The molecule has 0 aliphatic rings. The molecule has 0 bridgehead atoms. The Balaban J connectivity index is 0.000000390. The number of nitrogens with two attached hydrogens (primary N) is 2. The third-order valence-electron chi connectivity index (χ3n) is 3.40. The van der Waals surface area contributed by atoms with Crippen molar-refractivity contribution in [3.8, 4) is 0 Å². The van der Waals surface area contributed by atoms with Crippen LogP contribution in [0.3, 0.4) is 0 Å². The predicted molar refractivity (Wildman–Crippen MR) is 136 cm³/mol. The Bertz CT molecular complexity index is 701. The second-order valence-corrected chi connectivity index (χ2v) is 7.79. The molecule has 27 heavy (non-hydrogen) atoms. The molecule has 0 spiro atoms. The number of thiocarbonyl (C=S) groups is 2. The molecule has 3 aromatic carbocycles. The Morgan fingerprint density at radius 3 is 0.926 bits per heavy atom. The number of benzene rings is 3. The lowest BCUT2D eigenvalue weighted by Crippen LogP contribution is -2.51. The summed E-state index contributed by atoms with van der Waals surface area (Å²) in [5.74, 6) is 0. The zero-order valence-corrected chi connectivity index (χ0v) is 18.0. The molecule has 0 heterocycles. The number of hydrogen-bond donors (Lipinski definition) is 4. The highest BCUT2D eigenvalue weighted by atomic mass is 32.1. The van der Waals surface area contributed by atoms with Gasteiger partial charge in [0.15, 0.2) is 0 Å². The van der Waals surface area contributed by atoms with Gasteiger partial charge in [-0.2, -0.15) is 0 Å². The van der Waals surface area contributed by atoms with Gasteiger partial charge < -0.3 is 11.5 Å². The third kappa shape index (κ3) is 10.2. The van der Waals surface area contributed by atoms with Crippen LogP contribution in [0.5, 0.6) is 0 Å². The Morgan fingerprint density at radius 2 is 0.741 bits per heavy atom. The third-order valence-corrected chi connectivity index (χ3v) is 3.40. The van der Waals surface area contributed by atoms with Crippen molar-refractivity contribution < 1.29 is 0 Å². The average molecular weight is 428 g/mol. The molecule has 7 heteroatoms. The summed E-state index contributed by atoms with van der Waals surface area (Å²) in [5, 5.41) is 0. The van der Waals surface area contributed by atoms with Crippen molar-refractivity contribution >= 4 is 81.4 Å². The molecule has 3 rings (SSSR count). The van der Waals surface area contributed by atoms with Crippen molar-refractivity contribution in [2.75, 3.05) is 0 Å². The van der Waals surface area contributed by atoms with Gasteiger partial charge in [0, 0.05) is 0 Å². The molecule has 0 atom stereocenters. The highest BCUT2D eigenvalue weighted by Gasteiger charge is 2.20. The van der Waals surface area contributed by atoms with Gasteiger partial charge in [-0.1, -0.05) is 132 Å². The molecule has 0 amide bonds. The van der Waals surface area contributed by atoms with Crippen molar-refractivity contribution in [3.63, 3.8) is 0 Å². The predicted octanol–water partition coefficient (Wildman–Crippen LogP) is 2.52. The highest BCUT2D eigenvalue weighted by Crippen LogP contribution is 1.95. The largest absolute Gasteiger partial charge is 0.385 e. The minimum atomic E-state index is 0.194. The van der Waals surface area contributed by atoms with Gasteiger partial charge >= 0.3 is 0 Å². The van der Waals surface area contributed by atoms with Crippen molar-refractivity contribution in [2.45, 2.75) is 0 Å². The van der Waals surface area contributed by atoms with E-state index >= 15 is 0 Å². The topological polar surface area (TPSA) is 52.0 Å². The van der Waals surface area contributed by atoms with Gasteiger partial charge in [-0.05, 0) is 0 Å². The summed E-state index contributed by atoms with van der Waals surface area (Å²) in [6, 6.07) is 32.0. The molecule has 4 N–H and O–H groups in total. The van der Waals surface area contributed by atoms with Gasteiger partial charge in [-0.25, -0.2) is 0 Å². The number of hydrogen-bond acceptors (Lipinski definition) is 2. The van der Waals surface area contributed by atoms with E-state index in [0.717, 1.165) is 0 Å². The van der Waals surface area contributed by atoms with Crippen LogP contribution in [0.1, 0.15) is 0 Å². The summed E-state index contributed by atoms with van der Waals surface area (Å²) >= 11 is 15.3. The zero-order chi connectivity index (χ0) is 20.1. The van der Waals surface area contributed by atoms with Gasteiger partial charge in [-0.3, -0.25) is 0 Å². The van der Waals surface area contributed by atoms with Crippen LogP contribution in [0.15, 0.2) is 91.0 Å². The number of rotatable bonds is 3. The van der Waals surface area contributed by atoms with Crippen molar-refractivity contribution in [1.29, 1.82) is 0 Å². The zero-order valence-electron chi connectivity index (χ0n) is 14.6. The van der Waals surface area contributed by atoms with Crippen LogP contribution >= 0.6 is 49.7 Å². The molecule has 0 saturated heterocycles. The van der Waals surface area contributed by atoms with E-state index in [4.69, 9.17) is 11.5 Å².